The van der Waals surface area contributed by atoms with Gasteiger partial charge in [0.05, 0.1) is 30.8 Å². The molecule has 0 saturated carbocycles. The molecule has 1 aromatic carbocycles. The van der Waals surface area contributed by atoms with Crippen LogP contribution in [-0.4, -0.2) is 79.9 Å². The minimum absolute atomic E-state index is 0.0701. The van der Waals surface area contributed by atoms with E-state index in [1.54, 1.807) is 0 Å². The number of rotatable bonds is 3. The highest BCUT2D eigenvalue weighted by Crippen LogP contribution is 2.50. The van der Waals surface area contributed by atoms with Crippen LogP contribution in [0.2, 0.25) is 0 Å². The Balaban J connectivity index is 1.71. The van der Waals surface area contributed by atoms with Gasteiger partial charge in [0.2, 0.25) is 0 Å². The highest BCUT2D eigenvalue weighted by atomic mass is 19.1. The summed E-state index contributed by atoms with van der Waals surface area (Å²) in [4.78, 5) is 13.9. The fourth-order valence-corrected chi connectivity index (χ4v) is 4.55. The Kier molecular flexibility index (Phi) is 4.22. The van der Waals surface area contributed by atoms with Crippen molar-refractivity contribution in [3.63, 3.8) is 0 Å². The smallest absolute Gasteiger partial charge is 0.338 e. The third-order valence-electron chi connectivity index (χ3n) is 5.99. The van der Waals surface area contributed by atoms with E-state index in [0.717, 1.165) is 17.2 Å². The molecule has 2 unspecified atom stereocenters. The number of carbonyl (C=O) groups is 1. The fourth-order valence-electron chi connectivity index (χ4n) is 4.55. The minimum Gasteiger partial charge on any atom is -0.454 e. The summed E-state index contributed by atoms with van der Waals surface area (Å²) in [6, 6.07) is 3.27. The van der Waals surface area contributed by atoms with Gasteiger partial charge in [-0.15, -0.1) is 0 Å². The summed E-state index contributed by atoms with van der Waals surface area (Å²) >= 11 is 0. The van der Waals surface area contributed by atoms with Crippen LogP contribution in [0.3, 0.4) is 0 Å². The standard InChI is InChI=1S/C18H22FN5O5/c1-9-21-14-12(8-25)22-16(20)23-7-13(17(2,27)18(14,23)24(9)28)29-15(26)10-3-5-11(19)6-4-10/h3-6,12-14,21,25,27-28H,1,7-8H2,2H3,(H2,20,22)/t12-,13-,14?,17-,18?/m0/s1. The zero-order chi connectivity index (χ0) is 21.1. The third-order valence-corrected chi connectivity index (χ3v) is 5.99. The van der Waals surface area contributed by atoms with E-state index in [1.165, 1.54) is 24.0 Å². The minimum atomic E-state index is -1.88. The van der Waals surface area contributed by atoms with Crippen molar-refractivity contribution in [3.05, 3.63) is 48.0 Å². The second-order valence-electron chi connectivity index (χ2n) is 7.55. The van der Waals surface area contributed by atoms with Crippen LogP contribution in [0, 0.1) is 11.2 Å². The van der Waals surface area contributed by atoms with Crippen molar-refractivity contribution >= 4 is 11.9 Å². The monoisotopic (exact) mass is 407 g/mol. The van der Waals surface area contributed by atoms with Crippen molar-refractivity contribution in [1.82, 2.24) is 20.6 Å². The Hall–Kier alpha value is -2.89. The van der Waals surface area contributed by atoms with Crippen LogP contribution in [0.1, 0.15) is 17.3 Å². The van der Waals surface area contributed by atoms with Gasteiger partial charge < -0.3 is 30.5 Å². The maximum Gasteiger partial charge on any atom is 0.338 e. The summed E-state index contributed by atoms with van der Waals surface area (Å²) in [6.07, 6.45) is -1.15. The molecule has 29 heavy (non-hydrogen) atoms. The Morgan fingerprint density at radius 3 is 2.69 bits per heavy atom. The highest BCUT2D eigenvalue weighted by molar-refractivity contribution is 5.89. The number of guanidine groups is 1. The number of esters is 1. The third kappa shape index (κ3) is 2.44. The lowest BCUT2D eigenvalue weighted by atomic mass is 9.79. The van der Waals surface area contributed by atoms with Gasteiger partial charge in [-0.05, 0) is 31.2 Å². The van der Waals surface area contributed by atoms with E-state index in [0.29, 0.717) is 0 Å². The second kappa shape index (κ2) is 6.31. The number of aliphatic hydroxyl groups excluding tert-OH is 1. The van der Waals surface area contributed by atoms with Gasteiger partial charge in [-0.25, -0.2) is 14.2 Å². The van der Waals surface area contributed by atoms with Crippen LogP contribution in [0.15, 0.2) is 36.7 Å². The number of aliphatic hydroxyl groups is 2. The first kappa shape index (κ1) is 19.4. The maximum absolute atomic E-state index is 13.1. The largest absolute Gasteiger partial charge is 0.454 e. The predicted molar refractivity (Wildman–Crippen MR) is 97.1 cm³/mol. The second-order valence-corrected chi connectivity index (χ2v) is 7.55. The first-order valence-corrected chi connectivity index (χ1v) is 9.01. The van der Waals surface area contributed by atoms with Crippen molar-refractivity contribution in [1.29, 1.82) is 5.41 Å². The van der Waals surface area contributed by atoms with Crippen molar-refractivity contribution < 1.29 is 29.3 Å². The number of carbonyl (C=O) groups excluding carboxylic acids is 1. The number of ether oxygens (including phenoxy) is 1. The van der Waals surface area contributed by atoms with E-state index in [4.69, 9.17) is 10.1 Å². The van der Waals surface area contributed by atoms with Gasteiger partial charge in [0.1, 0.15) is 17.2 Å². The summed E-state index contributed by atoms with van der Waals surface area (Å²) in [5.74, 6) is -1.37. The van der Waals surface area contributed by atoms with Gasteiger partial charge >= 0.3 is 5.97 Å². The maximum atomic E-state index is 13.1. The molecule has 3 heterocycles. The number of halogens is 1. The van der Waals surface area contributed by atoms with Gasteiger partial charge in [0, 0.05) is 0 Å². The van der Waals surface area contributed by atoms with Gasteiger partial charge in [-0.2, -0.15) is 0 Å². The molecular formula is C18H22FN5O5. The molecule has 1 aromatic rings. The summed E-state index contributed by atoms with van der Waals surface area (Å²) in [7, 11) is 0. The van der Waals surface area contributed by atoms with Crippen LogP contribution in [-0.2, 0) is 4.74 Å². The van der Waals surface area contributed by atoms with E-state index in [1.807, 2.05) is 0 Å². The molecule has 0 radical (unpaired) electrons. The Labute approximate surface area is 165 Å². The molecule has 3 fully saturated rings. The quantitative estimate of drug-likeness (QED) is 0.353. The molecule has 6 N–H and O–H groups in total. The molecule has 0 aliphatic carbocycles. The number of hydroxylamine groups is 2. The number of hydrogen-bond donors (Lipinski definition) is 6. The van der Waals surface area contributed by atoms with Gasteiger partial charge in [-0.1, -0.05) is 6.58 Å². The van der Waals surface area contributed by atoms with E-state index in [9.17, 15) is 24.6 Å². The zero-order valence-electron chi connectivity index (χ0n) is 15.6. The molecule has 156 valence electrons. The van der Waals surface area contributed by atoms with E-state index in [-0.39, 0.29) is 30.5 Å². The fraction of sp³-hybridized carbons (Fsp3) is 0.444. The van der Waals surface area contributed by atoms with Gasteiger partial charge in [0.25, 0.3) is 0 Å². The summed E-state index contributed by atoms with van der Waals surface area (Å²) in [6.45, 7) is 4.62. The molecule has 4 rings (SSSR count). The molecule has 3 aliphatic heterocycles. The van der Waals surface area contributed by atoms with Crippen molar-refractivity contribution in [2.45, 2.75) is 36.4 Å². The lowest BCUT2D eigenvalue weighted by molar-refractivity contribution is -0.242. The molecule has 0 bridgehead atoms. The average molecular weight is 407 g/mol. The molecule has 1 spiro atoms. The molecule has 0 amide bonds. The SMILES string of the molecule is C=C1NC2[C@H](CO)NC(=N)N3C[C@H](OC(=O)c4ccc(F)cc4)[C@](C)(O)C23N1O. The van der Waals surface area contributed by atoms with Gasteiger partial charge in [-0.3, -0.25) is 10.6 Å². The Morgan fingerprint density at radius 2 is 2.07 bits per heavy atom. The number of nitrogens with one attached hydrogen (secondary N) is 3. The average Bonchev–Trinajstić information content (AvgIpc) is 3.08. The number of benzene rings is 1. The normalized spacial score (nSPS) is 35.7. The van der Waals surface area contributed by atoms with Crippen molar-refractivity contribution in [2.75, 3.05) is 13.2 Å². The predicted octanol–water partition coefficient (Wildman–Crippen LogP) is -0.853. The molecule has 0 aromatic heterocycles. The van der Waals surface area contributed by atoms with Crippen LogP contribution in [0.4, 0.5) is 4.39 Å². The highest BCUT2D eigenvalue weighted by Gasteiger charge is 2.76. The van der Waals surface area contributed by atoms with E-state index < -0.39 is 41.2 Å². The molecule has 10 nitrogen and oxygen atoms in total. The van der Waals surface area contributed by atoms with Gasteiger partial charge in [0.15, 0.2) is 17.7 Å². The molecule has 11 heteroatoms. The summed E-state index contributed by atoms with van der Waals surface area (Å²) in [5, 5.41) is 46.8. The van der Waals surface area contributed by atoms with Crippen LogP contribution in [0.25, 0.3) is 0 Å². The number of hydrogen-bond acceptors (Lipinski definition) is 8. The summed E-state index contributed by atoms with van der Waals surface area (Å²) in [5.41, 5.74) is -3.43. The Morgan fingerprint density at radius 1 is 1.41 bits per heavy atom. The number of nitrogens with zero attached hydrogens (tertiary/aromatic N) is 2. The molecule has 3 saturated heterocycles. The van der Waals surface area contributed by atoms with Crippen LogP contribution < -0.4 is 10.6 Å². The van der Waals surface area contributed by atoms with E-state index in [2.05, 4.69) is 17.2 Å². The van der Waals surface area contributed by atoms with Crippen molar-refractivity contribution in [3.8, 4) is 0 Å². The molecular weight excluding hydrogens is 385 g/mol. The molecule has 3 aliphatic rings. The zero-order valence-corrected chi connectivity index (χ0v) is 15.6. The van der Waals surface area contributed by atoms with Crippen molar-refractivity contribution in [2.24, 2.45) is 0 Å². The lowest BCUT2D eigenvalue weighted by Gasteiger charge is -2.53. The van der Waals surface area contributed by atoms with Crippen LogP contribution >= 0.6 is 0 Å². The first-order chi connectivity index (χ1) is 13.6. The lowest BCUT2D eigenvalue weighted by Crippen LogP contribution is -2.80. The van der Waals surface area contributed by atoms with Crippen LogP contribution in [0.5, 0.6) is 0 Å². The Bertz CT molecular complexity index is 878. The summed E-state index contributed by atoms with van der Waals surface area (Å²) < 4.78 is 18.6. The van der Waals surface area contributed by atoms with E-state index >= 15 is 0 Å². The topological polar surface area (TPSA) is 141 Å². The first-order valence-electron chi connectivity index (χ1n) is 9.01. The molecule has 5 atom stereocenters.